The van der Waals surface area contributed by atoms with E-state index in [0.29, 0.717) is 11.8 Å². The molecule has 1 aromatic carbocycles. The topological polar surface area (TPSA) is 12.0 Å². The maximum atomic E-state index is 13.3. The Labute approximate surface area is 110 Å². The second-order valence-electron chi connectivity index (χ2n) is 5.55. The van der Waals surface area contributed by atoms with Crippen molar-refractivity contribution in [3.8, 4) is 0 Å². The van der Waals surface area contributed by atoms with Crippen molar-refractivity contribution in [1.29, 1.82) is 0 Å². The third-order valence-electron chi connectivity index (χ3n) is 4.13. The van der Waals surface area contributed by atoms with Crippen molar-refractivity contribution < 1.29 is 4.39 Å². The van der Waals surface area contributed by atoms with Crippen LogP contribution in [0, 0.1) is 11.7 Å². The summed E-state index contributed by atoms with van der Waals surface area (Å²) in [6.45, 7) is 5.51. The molecule has 2 atom stereocenters. The summed E-state index contributed by atoms with van der Waals surface area (Å²) in [5, 5.41) is 3.39. The van der Waals surface area contributed by atoms with E-state index in [1.807, 2.05) is 6.07 Å². The average molecular weight is 249 g/mol. The van der Waals surface area contributed by atoms with Gasteiger partial charge >= 0.3 is 0 Å². The van der Waals surface area contributed by atoms with Gasteiger partial charge in [-0.1, -0.05) is 46.0 Å². The lowest BCUT2D eigenvalue weighted by atomic mass is 9.85. The van der Waals surface area contributed by atoms with Crippen LogP contribution in [-0.2, 0) is 0 Å². The average Bonchev–Trinajstić information content (AvgIpc) is 2.77. The van der Waals surface area contributed by atoms with Crippen molar-refractivity contribution in [1.82, 2.24) is 0 Å². The van der Waals surface area contributed by atoms with Crippen LogP contribution in [0.25, 0.3) is 0 Å². The molecular weight excluding hydrogens is 225 g/mol. The van der Waals surface area contributed by atoms with Crippen molar-refractivity contribution in [2.45, 2.75) is 51.9 Å². The summed E-state index contributed by atoms with van der Waals surface area (Å²) in [7, 11) is 0. The maximum Gasteiger partial charge on any atom is 0.123 e. The second-order valence-corrected chi connectivity index (χ2v) is 5.55. The Morgan fingerprint density at radius 3 is 2.94 bits per heavy atom. The lowest BCUT2D eigenvalue weighted by Gasteiger charge is -2.19. The Morgan fingerprint density at radius 1 is 1.33 bits per heavy atom. The van der Waals surface area contributed by atoms with E-state index in [9.17, 15) is 4.39 Å². The van der Waals surface area contributed by atoms with Gasteiger partial charge in [-0.3, -0.25) is 0 Å². The molecule has 0 aromatic heterocycles. The zero-order valence-corrected chi connectivity index (χ0v) is 11.5. The minimum Gasteiger partial charge on any atom is -0.384 e. The molecule has 0 spiro atoms. The molecule has 1 heterocycles. The number of fused-ring (bicyclic) bond motifs is 1. The summed E-state index contributed by atoms with van der Waals surface area (Å²) in [5.41, 5.74) is 2.31. The molecule has 100 valence electrons. The first-order valence-corrected chi connectivity index (χ1v) is 7.25. The van der Waals surface area contributed by atoms with Crippen LogP contribution < -0.4 is 5.32 Å². The Balaban J connectivity index is 1.93. The first-order valence-electron chi connectivity index (χ1n) is 7.25. The number of rotatable bonds is 6. The molecular formula is C16H24FN. The predicted molar refractivity (Wildman–Crippen MR) is 75.6 cm³/mol. The molecule has 1 aromatic rings. The fourth-order valence-corrected chi connectivity index (χ4v) is 2.93. The van der Waals surface area contributed by atoms with E-state index in [1.54, 1.807) is 12.1 Å². The molecule has 2 rings (SSSR count). The smallest absolute Gasteiger partial charge is 0.123 e. The van der Waals surface area contributed by atoms with Crippen molar-refractivity contribution >= 4 is 5.69 Å². The molecule has 2 unspecified atom stereocenters. The number of nitrogens with one attached hydrogen (secondary N) is 1. The van der Waals surface area contributed by atoms with Gasteiger partial charge in [0.15, 0.2) is 0 Å². The number of halogens is 1. The summed E-state index contributed by atoms with van der Waals surface area (Å²) in [6.07, 6.45) is 6.50. The van der Waals surface area contributed by atoms with Gasteiger partial charge in [0.05, 0.1) is 0 Å². The molecule has 2 heteroatoms. The van der Waals surface area contributed by atoms with E-state index in [-0.39, 0.29) is 5.82 Å². The van der Waals surface area contributed by atoms with E-state index in [2.05, 4.69) is 19.2 Å². The Kier molecular flexibility index (Phi) is 4.62. The second kappa shape index (κ2) is 6.21. The minimum atomic E-state index is -0.111. The first-order chi connectivity index (χ1) is 8.72. The summed E-state index contributed by atoms with van der Waals surface area (Å²) in [4.78, 5) is 0. The Bertz CT molecular complexity index is 389. The van der Waals surface area contributed by atoms with Crippen molar-refractivity contribution in [3.63, 3.8) is 0 Å². The van der Waals surface area contributed by atoms with Crippen LogP contribution in [0.2, 0.25) is 0 Å². The largest absolute Gasteiger partial charge is 0.384 e. The van der Waals surface area contributed by atoms with Gasteiger partial charge in [0.25, 0.3) is 0 Å². The van der Waals surface area contributed by atoms with Crippen molar-refractivity contribution in [3.05, 3.63) is 29.6 Å². The highest BCUT2D eigenvalue weighted by Gasteiger charge is 2.27. The number of benzene rings is 1. The highest BCUT2D eigenvalue weighted by atomic mass is 19.1. The van der Waals surface area contributed by atoms with Crippen LogP contribution in [0.3, 0.4) is 0 Å². The van der Waals surface area contributed by atoms with E-state index in [4.69, 9.17) is 0 Å². The van der Waals surface area contributed by atoms with Gasteiger partial charge in [-0.15, -0.1) is 0 Å². The summed E-state index contributed by atoms with van der Waals surface area (Å²) < 4.78 is 13.3. The molecule has 0 radical (unpaired) electrons. The molecule has 1 aliphatic heterocycles. The van der Waals surface area contributed by atoms with Crippen molar-refractivity contribution in [2.24, 2.45) is 5.92 Å². The third kappa shape index (κ3) is 3.04. The van der Waals surface area contributed by atoms with Crippen LogP contribution in [0.5, 0.6) is 0 Å². The van der Waals surface area contributed by atoms with Gasteiger partial charge in [-0.25, -0.2) is 4.39 Å². The molecule has 1 N–H and O–H groups in total. The highest BCUT2D eigenvalue weighted by molar-refractivity contribution is 5.57. The van der Waals surface area contributed by atoms with E-state index in [0.717, 1.165) is 12.2 Å². The van der Waals surface area contributed by atoms with E-state index >= 15 is 0 Å². The fraction of sp³-hybridized carbons (Fsp3) is 0.625. The molecule has 0 saturated carbocycles. The van der Waals surface area contributed by atoms with E-state index < -0.39 is 0 Å². The van der Waals surface area contributed by atoms with Gasteiger partial charge in [-0.05, 0) is 29.7 Å². The number of anilines is 1. The van der Waals surface area contributed by atoms with E-state index in [1.165, 1.54) is 37.7 Å². The van der Waals surface area contributed by atoms with Gasteiger partial charge < -0.3 is 5.32 Å². The molecule has 0 aliphatic carbocycles. The Morgan fingerprint density at radius 2 is 2.17 bits per heavy atom. The first kappa shape index (κ1) is 13.4. The molecule has 18 heavy (non-hydrogen) atoms. The van der Waals surface area contributed by atoms with Crippen LogP contribution >= 0.6 is 0 Å². The van der Waals surface area contributed by atoms with Crippen LogP contribution in [0.4, 0.5) is 10.1 Å². The van der Waals surface area contributed by atoms with Crippen LogP contribution in [-0.4, -0.2) is 6.54 Å². The molecule has 0 amide bonds. The quantitative estimate of drug-likeness (QED) is 0.704. The SMILES string of the molecule is CCCCCCC(C)C1CNc2ccc(F)cc21. The molecule has 0 saturated heterocycles. The number of hydrogen-bond donors (Lipinski definition) is 1. The lowest BCUT2D eigenvalue weighted by Crippen LogP contribution is -2.12. The summed E-state index contributed by atoms with van der Waals surface area (Å²) >= 11 is 0. The van der Waals surface area contributed by atoms with Crippen molar-refractivity contribution in [2.75, 3.05) is 11.9 Å². The molecule has 0 fully saturated rings. The summed E-state index contributed by atoms with van der Waals surface area (Å²) in [6, 6.07) is 5.12. The molecule has 0 bridgehead atoms. The van der Waals surface area contributed by atoms with Crippen LogP contribution in [0.1, 0.15) is 57.4 Å². The fourth-order valence-electron chi connectivity index (χ4n) is 2.93. The van der Waals surface area contributed by atoms with Gasteiger partial charge in [0.1, 0.15) is 5.82 Å². The van der Waals surface area contributed by atoms with Gasteiger partial charge in [-0.2, -0.15) is 0 Å². The number of hydrogen-bond acceptors (Lipinski definition) is 1. The zero-order valence-electron chi connectivity index (χ0n) is 11.5. The Hall–Kier alpha value is -1.05. The van der Waals surface area contributed by atoms with Crippen LogP contribution in [0.15, 0.2) is 18.2 Å². The third-order valence-corrected chi connectivity index (χ3v) is 4.13. The highest BCUT2D eigenvalue weighted by Crippen LogP contribution is 2.38. The minimum absolute atomic E-state index is 0.111. The predicted octanol–water partition coefficient (Wildman–Crippen LogP) is 4.94. The van der Waals surface area contributed by atoms with Gasteiger partial charge in [0.2, 0.25) is 0 Å². The molecule has 1 aliphatic rings. The molecule has 1 nitrogen and oxygen atoms in total. The maximum absolute atomic E-state index is 13.3. The zero-order chi connectivity index (χ0) is 13.0. The lowest BCUT2D eigenvalue weighted by molar-refractivity contribution is 0.426. The van der Waals surface area contributed by atoms with Gasteiger partial charge in [0, 0.05) is 18.2 Å². The standard InChI is InChI=1S/C16H24FN/c1-3-4-5-6-7-12(2)15-11-18-16-9-8-13(17)10-14(15)16/h8-10,12,15,18H,3-7,11H2,1-2H3. The monoisotopic (exact) mass is 249 g/mol. The summed E-state index contributed by atoms with van der Waals surface area (Å²) in [5.74, 6) is 1.01. The normalized spacial score (nSPS) is 19.4. The number of unbranched alkanes of at least 4 members (excludes halogenated alkanes) is 3.